The number of hydrogen-bond acceptors (Lipinski definition) is 2. The summed E-state index contributed by atoms with van der Waals surface area (Å²) < 4.78 is 0. The number of pyridine rings is 1. The van der Waals surface area contributed by atoms with Gasteiger partial charge in [-0.25, -0.2) is 9.78 Å². The third-order valence-electron chi connectivity index (χ3n) is 2.04. The van der Waals surface area contributed by atoms with Crippen LogP contribution in [0, 0.1) is 6.92 Å². The molecule has 1 aromatic heterocycles. The van der Waals surface area contributed by atoms with Gasteiger partial charge in [0, 0.05) is 11.7 Å². The van der Waals surface area contributed by atoms with Gasteiger partial charge in [0.1, 0.15) is 5.82 Å². The maximum Gasteiger partial charge on any atom is 0.320 e. The zero-order chi connectivity index (χ0) is 9.97. The van der Waals surface area contributed by atoms with Crippen molar-refractivity contribution >= 4 is 11.8 Å². The number of nitrogens with one attached hydrogen (secondary N) is 2. The van der Waals surface area contributed by atoms with E-state index in [1.54, 1.807) is 6.07 Å². The predicted octanol–water partition coefficient (Wildman–Crippen LogP) is 1.67. The van der Waals surface area contributed by atoms with Crippen LogP contribution in [0.5, 0.6) is 0 Å². The minimum absolute atomic E-state index is 0.161. The van der Waals surface area contributed by atoms with E-state index in [9.17, 15) is 4.79 Å². The van der Waals surface area contributed by atoms with Crippen LogP contribution in [0.3, 0.4) is 0 Å². The Morgan fingerprint density at radius 3 is 2.93 bits per heavy atom. The van der Waals surface area contributed by atoms with E-state index in [2.05, 4.69) is 15.6 Å². The molecule has 1 fully saturated rings. The smallest absolute Gasteiger partial charge is 0.320 e. The molecule has 1 aliphatic rings. The second-order valence-corrected chi connectivity index (χ2v) is 3.54. The minimum Gasteiger partial charge on any atom is -0.335 e. The standard InChI is InChI=1S/C10H13N3O/c1-7-3-2-4-9(11-7)13-10(14)12-8-5-6-8/h2-4,8H,5-6H2,1H3,(H2,11,12,13,14). The van der Waals surface area contributed by atoms with Crippen molar-refractivity contribution in [3.8, 4) is 0 Å². The Hall–Kier alpha value is -1.58. The number of rotatable bonds is 2. The Labute approximate surface area is 82.7 Å². The molecule has 1 heterocycles. The lowest BCUT2D eigenvalue weighted by molar-refractivity contribution is 0.251. The van der Waals surface area contributed by atoms with Gasteiger partial charge in [-0.15, -0.1) is 0 Å². The summed E-state index contributed by atoms with van der Waals surface area (Å²) in [6.07, 6.45) is 2.18. The average molecular weight is 191 g/mol. The third-order valence-corrected chi connectivity index (χ3v) is 2.04. The molecule has 14 heavy (non-hydrogen) atoms. The lowest BCUT2D eigenvalue weighted by atomic mass is 10.4. The van der Waals surface area contributed by atoms with Crippen LogP contribution in [0.2, 0.25) is 0 Å². The zero-order valence-corrected chi connectivity index (χ0v) is 8.08. The highest BCUT2D eigenvalue weighted by Crippen LogP contribution is 2.18. The molecule has 0 atom stereocenters. The summed E-state index contributed by atoms with van der Waals surface area (Å²) in [6, 6.07) is 5.75. The zero-order valence-electron chi connectivity index (χ0n) is 8.08. The van der Waals surface area contributed by atoms with Crippen molar-refractivity contribution in [1.82, 2.24) is 10.3 Å². The monoisotopic (exact) mass is 191 g/mol. The number of anilines is 1. The van der Waals surface area contributed by atoms with Crippen LogP contribution in [0.25, 0.3) is 0 Å². The number of carbonyl (C=O) groups is 1. The van der Waals surface area contributed by atoms with Gasteiger partial charge in [-0.1, -0.05) is 6.07 Å². The number of amides is 2. The molecule has 0 bridgehead atoms. The maximum absolute atomic E-state index is 11.3. The van der Waals surface area contributed by atoms with Crippen molar-refractivity contribution < 1.29 is 4.79 Å². The van der Waals surface area contributed by atoms with E-state index in [0.717, 1.165) is 18.5 Å². The van der Waals surface area contributed by atoms with Crippen molar-refractivity contribution in [2.75, 3.05) is 5.32 Å². The normalized spacial score (nSPS) is 14.9. The summed E-state index contributed by atoms with van der Waals surface area (Å²) in [5, 5.41) is 5.52. The molecule has 74 valence electrons. The van der Waals surface area contributed by atoms with Gasteiger partial charge in [0.2, 0.25) is 0 Å². The molecule has 2 amide bonds. The number of nitrogens with zero attached hydrogens (tertiary/aromatic N) is 1. The van der Waals surface area contributed by atoms with Crippen molar-refractivity contribution in [2.45, 2.75) is 25.8 Å². The molecule has 1 aliphatic carbocycles. The quantitative estimate of drug-likeness (QED) is 0.747. The van der Waals surface area contributed by atoms with Crippen LogP contribution >= 0.6 is 0 Å². The molecule has 1 saturated carbocycles. The highest BCUT2D eigenvalue weighted by Gasteiger charge is 2.23. The van der Waals surface area contributed by atoms with Crippen LogP contribution in [-0.2, 0) is 0 Å². The summed E-state index contributed by atoms with van der Waals surface area (Å²) in [4.78, 5) is 15.5. The fraction of sp³-hybridized carbons (Fsp3) is 0.400. The van der Waals surface area contributed by atoms with Gasteiger partial charge in [0.25, 0.3) is 0 Å². The SMILES string of the molecule is Cc1cccc(NC(=O)NC2CC2)n1. The first kappa shape index (κ1) is 8.99. The van der Waals surface area contributed by atoms with Crippen LogP contribution < -0.4 is 10.6 Å². The van der Waals surface area contributed by atoms with Gasteiger partial charge in [0.05, 0.1) is 0 Å². The first-order valence-corrected chi connectivity index (χ1v) is 4.75. The molecule has 4 heteroatoms. The van der Waals surface area contributed by atoms with Gasteiger partial charge < -0.3 is 5.32 Å². The second-order valence-electron chi connectivity index (χ2n) is 3.54. The van der Waals surface area contributed by atoms with Gasteiger partial charge in [-0.3, -0.25) is 5.32 Å². The highest BCUT2D eigenvalue weighted by atomic mass is 16.2. The lowest BCUT2D eigenvalue weighted by Crippen LogP contribution is -2.30. The van der Waals surface area contributed by atoms with Crippen LogP contribution in [0.4, 0.5) is 10.6 Å². The number of urea groups is 1. The van der Waals surface area contributed by atoms with Crippen molar-refractivity contribution in [1.29, 1.82) is 0 Å². The summed E-state index contributed by atoms with van der Waals surface area (Å²) in [5.74, 6) is 0.600. The van der Waals surface area contributed by atoms with Gasteiger partial charge in [-0.2, -0.15) is 0 Å². The molecular formula is C10H13N3O. The van der Waals surface area contributed by atoms with Crippen LogP contribution in [0.1, 0.15) is 18.5 Å². The average Bonchev–Trinajstić information content (AvgIpc) is 2.87. The van der Waals surface area contributed by atoms with Gasteiger partial charge >= 0.3 is 6.03 Å². The molecule has 1 aromatic rings. The Morgan fingerprint density at radius 1 is 1.50 bits per heavy atom. The van der Waals surface area contributed by atoms with E-state index in [4.69, 9.17) is 0 Å². The molecule has 2 rings (SSSR count). The van der Waals surface area contributed by atoms with Crippen molar-refractivity contribution in [3.63, 3.8) is 0 Å². The summed E-state index contributed by atoms with van der Waals surface area (Å²) in [7, 11) is 0. The molecule has 0 aliphatic heterocycles. The first-order chi connectivity index (χ1) is 6.74. The van der Waals surface area contributed by atoms with E-state index in [1.165, 1.54) is 0 Å². The minimum atomic E-state index is -0.161. The fourth-order valence-corrected chi connectivity index (χ4v) is 1.18. The first-order valence-electron chi connectivity index (χ1n) is 4.75. The maximum atomic E-state index is 11.3. The van der Waals surface area contributed by atoms with E-state index in [1.807, 2.05) is 19.1 Å². The van der Waals surface area contributed by atoms with Gasteiger partial charge in [-0.05, 0) is 31.9 Å². The Morgan fingerprint density at radius 2 is 2.29 bits per heavy atom. The molecule has 0 unspecified atom stereocenters. The lowest BCUT2D eigenvalue weighted by Gasteiger charge is -2.05. The summed E-state index contributed by atoms with van der Waals surface area (Å²) in [5.41, 5.74) is 0.897. The number of carbonyl (C=O) groups excluding carboxylic acids is 1. The van der Waals surface area contributed by atoms with E-state index in [0.29, 0.717) is 11.9 Å². The highest BCUT2D eigenvalue weighted by molar-refractivity contribution is 5.88. The molecule has 4 nitrogen and oxygen atoms in total. The second kappa shape index (κ2) is 3.65. The predicted molar refractivity (Wildman–Crippen MR) is 54.2 cm³/mol. The van der Waals surface area contributed by atoms with E-state index < -0.39 is 0 Å². The molecule has 0 aromatic carbocycles. The number of aromatic nitrogens is 1. The van der Waals surface area contributed by atoms with E-state index >= 15 is 0 Å². The van der Waals surface area contributed by atoms with Crippen molar-refractivity contribution in [3.05, 3.63) is 23.9 Å². The van der Waals surface area contributed by atoms with Crippen molar-refractivity contribution in [2.24, 2.45) is 0 Å². The van der Waals surface area contributed by atoms with Crippen LogP contribution in [0.15, 0.2) is 18.2 Å². The molecule has 0 radical (unpaired) electrons. The molecule has 2 N–H and O–H groups in total. The number of hydrogen-bond donors (Lipinski definition) is 2. The largest absolute Gasteiger partial charge is 0.335 e. The summed E-state index contributed by atoms with van der Waals surface area (Å²) >= 11 is 0. The third kappa shape index (κ3) is 2.45. The Balaban J connectivity index is 1.92. The molecule has 0 spiro atoms. The molecular weight excluding hydrogens is 178 g/mol. The van der Waals surface area contributed by atoms with Crippen LogP contribution in [-0.4, -0.2) is 17.1 Å². The summed E-state index contributed by atoms with van der Waals surface area (Å²) in [6.45, 7) is 1.89. The number of aryl methyl sites for hydroxylation is 1. The Kier molecular flexibility index (Phi) is 2.35. The molecule has 0 saturated heterocycles. The van der Waals surface area contributed by atoms with E-state index in [-0.39, 0.29) is 6.03 Å². The van der Waals surface area contributed by atoms with Gasteiger partial charge in [0.15, 0.2) is 0 Å². The fourth-order valence-electron chi connectivity index (χ4n) is 1.18. The Bertz CT molecular complexity index is 347. The topological polar surface area (TPSA) is 54.0 Å².